The van der Waals surface area contributed by atoms with E-state index in [0.29, 0.717) is 26.1 Å². The van der Waals surface area contributed by atoms with E-state index >= 15 is 0 Å². The van der Waals surface area contributed by atoms with Crippen molar-refractivity contribution in [3.8, 4) is 5.75 Å². The molecule has 1 radical (unpaired) electrons. The first-order valence-electron chi connectivity index (χ1n) is 12.3. The molecule has 5 rings (SSSR count). The Bertz CT molecular complexity index is 1060. The van der Waals surface area contributed by atoms with E-state index in [1.165, 1.54) is 5.92 Å². The first-order chi connectivity index (χ1) is 16.9. The molecular weight excluding hydrogens is 440 g/mol. The quantitative estimate of drug-likeness (QED) is 0.570. The van der Waals surface area contributed by atoms with E-state index in [-0.39, 0.29) is 23.7 Å². The van der Waals surface area contributed by atoms with E-state index in [9.17, 15) is 5.11 Å². The molecule has 2 saturated heterocycles. The largest absolute Gasteiger partial charge is 0.497 e. The number of aliphatic hydroxyl groups excluding tert-OH is 1. The topological polar surface area (TPSA) is 57.2 Å². The van der Waals surface area contributed by atoms with Crippen LogP contribution in [-0.2, 0) is 27.4 Å². The molecule has 5 nitrogen and oxygen atoms in total. The summed E-state index contributed by atoms with van der Waals surface area (Å²) in [6.07, 6.45) is 3.74. The molecule has 1 aliphatic carbocycles. The van der Waals surface area contributed by atoms with Crippen LogP contribution < -0.4 is 4.74 Å². The van der Waals surface area contributed by atoms with Gasteiger partial charge in [-0.2, -0.15) is 0 Å². The molecule has 0 saturated carbocycles. The standard InChI is InChI=1S/C30H35O5/c1-5-22-15-23(31)16-26-29(2,3)28-25(33-18-20-9-7-6-8-10-20)17-30(26,35-28)27(22)34-19-21-11-13-24(32-4)14-12-21/h5-15,23,25,27-28,31H,1,16-19H2,2-4H3/t23-,25-,27-,28-,30+/m0/s1. The molecule has 2 fully saturated rings. The average Bonchev–Trinajstić information content (AvgIpc) is 3.31. The maximum absolute atomic E-state index is 10.9. The lowest BCUT2D eigenvalue weighted by molar-refractivity contribution is -0.0956. The Kier molecular flexibility index (Phi) is 6.62. The van der Waals surface area contributed by atoms with E-state index in [1.54, 1.807) is 13.2 Å². The van der Waals surface area contributed by atoms with Crippen LogP contribution >= 0.6 is 0 Å². The molecule has 5 heteroatoms. The molecule has 0 unspecified atom stereocenters. The molecule has 0 amide bonds. The fourth-order valence-electron chi connectivity index (χ4n) is 6.12. The first-order valence-corrected chi connectivity index (χ1v) is 12.3. The zero-order chi connectivity index (χ0) is 24.6. The number of hydrogen-bond donors (Lipinski definition) is 1. The Morgan fingerprint density at radius 2 is 1.71 bits per heavy atom. The van der Waals surface area contributed by atoms with Crippen LogP contribution in [0.25, 0.3) is 0 Å². The minimum Gasteiger partial charge on any atom is -0.497 e. The van der Waals surface area contributed by atoms with Crippen molar-refractivity contribution < 1.29 is 24.1 Å². The minimum absolute atomic E-state index is 0.0673. The van der Waals surface area contributed by atoms with Crippen LogP contribution in [0.1, 0.15) is 37.8 Å². The Balaban J connectivity index is 1.43. The highest BCUT2D eigenvalue weighted by Crippen LogP contribution is 2.64. The van der Waals surface area contributed by atoms with Crippen LogP contribution in [0.4, 0.5) is 0 Å². The van der Waals surface area contributed by atoms with E-state index in [1.807, 2.05) is 48.5 Å². The van der Waals surface area contributed by atoms with E-state index in [0.717, 1.165) is 22.4 Å². The number of aliphatic hydroxyl groups is 1. The van der Waals surface area contributed by atoms with Crippen molar-refractivity contribution in [3.63, 3.8) is 0 Å². The van der Waals surface area contributed by atoms with Gasteiger partial charge in [-0.25, -0.2) is 0 Å². The Morgan fingerprint density at radius 3 is 2.40 bits per heavy atom. The summed E-state index contributed by atoms with van der Waals surface area (Å²) >= 11 is 0. The third-order valence-corrected chi connectivity index (χ3v) is 7.82. The van der Waals surface area contributed by atoms with Gasteiger partial charge in [-0.15, -0.1) is 0 Å². The molecule has 2 aromatic rings. The Labute approximate surface area is 208 Å². The fourth-order valence-corrected chi connectivity index (χ4v) is 6.12. The molecule has 1 N–H and O–H groups in total. The van der Waals surface area contributed by atoms with Crippen LogP contribution in [0.5, 0.6) is 5.75 Å². The third-order valence-electron chi connectivity index (χ3n) is 7.82. The number of ether oxygens (including phenoxy) is 4. The van der Waals surface area contributed by atoms with Crippen molar-refractivity contribution in [2.75, 3.05) is 7.11 Å². The third kappa shape index (κ3) is 4.36. The predicted octanol–water partition coefficient (Wildman–Crippen LogP) is 5.18. The van der Waals surface area contributed by atoms with Gasteiger partial charge in [0.25, 0.3) is 0 Å². The molecule has 5 atom stereocenters. The highest BCUT2D eigenvalue weighted by atomic mass is 16.6. The van der Waals surface area contributed by atoms with Crippen molar-refractivity contribution in [3.05, 3.63) is 95.9 Å². The normalized spacial score (nSPS) is 31.5. The van der Waals surface area contributed by atoms with Crippen LogP contribution in [0.2, 0.25) is 0 Å². The molecule has 1 spiro atoms. The smallest absolute Gasteiger partial charge is 0.118 e. The summed E-state index contributed by atoms with van der Waals surface area (Å²) in [6.45, 7) is 9.41. The minimum atomic E-state index is -0.667. The molecule has 2 aliphatic heterocycles. The van der Waals surface area contributed by atoms with Crippen LogP contribution in [-0.4, -0.2) is 42.2 Å². The summed E-state index contributed by atoms with van der Waals surface area (Å²) in [5.74, 6) is 2.01. The number of benzene rings is 2. The van der Waals surface area contributed by atoms with Crippen molar-refractivity contribution in [1.82, 2.24) is 0 Å². The lowest BCUT2D eigenvalue weighted by atomic mass is 9.59. The van der Waals surface area contributed by atoms with Gasteiger partial charge in [0.05, 0.1) is 38.6 Å². The zero-order valence-corrected chi connectivity index (χ0v) is 20.8. The summed E-state index contributed by atoms with van der Waals surface area (Å²) in [4.78, 5) is 0. The van der Waals surface area contributed by atoms with Crippen molar-refractivity contribution in [2.24, 2.45) is 5.41 Å². The molecule has 185 valence electrons. The van der Waals surface area contributed by atoms with Gasteiger partial charge in [0, 0.05) is 17.8 Å². The molecular formula is C30H35O5. The second kappa shape index (κ2) is 9.55. The summed E-state index contributed by atoms with van der Waals surface area (Å²) in [7, 11) is 1.66. The number of rotatable bonds is 8. The summed E-state index contributed by atoms with van der Waals surface area (Å²) < 4.78 is 25.2. The van der Waals surface area contributed by atoms with Crippen LogP contribution in [0.15, 0.2) is 78.9 Å². The summed E-state index contributed by atoms with van der Waals surface area (Å²) in [6, 6.07) is 18.1. The van der Waals surface area contributed by atoms with Gasteiger partial charge < -0.3 is 24.1 Å². The lowest BCUT2D eigenvalue weighted by Crippen LogP contribution is -2.53. The van der Waals surface area contributed by atoms with Gasteiger partial charge in [0.2, 0.25) is 0 Å². The number of hydrogen-bond acceptors (Lipinski definition) is 5. The second-order valence-corrected chi connectivity index (χ2v) is 10.3. The van der Waals surface area contributed by atoms with Gasteiger partial charge >= 0.3 is 0 Å². The van der Waals surface area contributed by atoms with E-state index < -0.39 is 11.7 Å². The second-order valence-electron chi connectivity index (χ2n) is 10.3. The van der Waals surface area contributed by atoms with Gasteiger partial charge in [-0.05, 0) is 35.3 Å². The molecule has 2 aromatic carbocycles. The summed E-state index contributed by atoms with van der Waals surface area (Å²) in [5.41, 5.74) is 2.12. The number of methoxy groups -OCH3 is 1. The monoisotopic (exact) mass is 475 g/mol. The maximum atomic E-state index is 10.9. The molecule has 2 bridgehead atoms. The van der Waals surface area contributed by atoms with E-state index in [2.05, 4.69) is 32.6 Å². The van der Waals surface area contributed by atoms with Crippen molar-refractivity contribution in [1.29, 1.82) is 0 Å². The SMILES string of the molecule is C=CC1=C[C@H](O)C[C]2C(C)(C)[C@H]3O[C@@]2(C[C@@H]3OCc2ccccc2)[C@H]1OCc1ccc(OC)cc1. The van der Waals surface area contributed by atoms with Gasteiger partial charge in [-0.1, -0.05) is 75.0 Å². The van der Waals surface area contributed by atoms with Gasteiger partial charge in [0.1, 0.15) is 17.5 Å². The van der Waals surface area contributed by atoms with Gasteiger partial charge in [-0.3, -0.25) is 0 Å². The molecule has 3 aliphatic rings. The molecule has 2 heterocycles. The van der Waals surface area contributed by atoms with Crippen LogP contribution in [0, 0.1) is 11.3 Å². The fraction of sp³-hybridized carbons (Fsp3) is 0.433. The van der Waals surface area contributed by atoms with Gasteiger partial charge in [0.15, 0.2) is 0 Å². The average molecular weight is 476 g/mol. The van der Waals surface area contributed by atoms with E-state index in [4.69, 9.17) is 18.9 Å². The van der Waals surface area contributed by atoms with Crippen molar-refractivity contribution in [2.45, 2.75) is 69.9 Å². The zero-order valence-electron chi connectivity index (χ0n) is 20.8. The lowest BCUT2D eigenvalue weighted by Gasteiger charge is -2.45. The maximum Gasteiger partial charge on any atom is 0.118 e. The Hall–Kier alpha value is -2.44. The summed E-state index contributed by atoms with van der Waals surface area (Å²) in [5, 5.41) is 10.9. The Morgan fingerprint density at radius 1 is 1.03 bits per heavy atom. The molecule has 35 heavy (non-hydrogen) atoms. The van der Waals surface area contributed by atoms with Crippen LogP contribution in [0.3, 0.4) is 0 Å². The highest BCUT2D eigenvalue weighted by molar-refractivity contribution is 5.42. The van der Waals surface area contributed by atoms with Crippen molar-refractivity contribution >= 4 is 0 Å². The molecule has 0 aromatic heterocycles. The first kappa shape index (κ1) is 24.3. The number of fused-ring (bicyclic) bond motifs is 1. The highest BCUT2D eigenvalue weighted by Gasteiger charge is 2.71. The predicted molar refractivity (Wildman–Crippen MR) is 135 cm³/mol.